The Kier molecular flexibility index (Phi) is 7.15. The van der Waals surface area contributed by atoms with Crippen molar-refractivity contribution in [3.8, 4) is 0 Å². The third-order valence-corrected chi connectivity index (χ3v) is 5.38. The van der Waals surface area contributed by atoms with Gasteiger partial charge in [-0.25, -0.2) is 0 Å². The number of carbonyl (C=O) groups is 3. The number of nitrogens with zero attached hydrogens (tertiary/aromatic N) is 1. The van der Waals surface area contributed by atoms with Gasteiger partial charge in [0.1, 0.15) is 17.1 Å². The molecule has 7 nitrogen and oxygen atoms in total. The first-order chi connectivity index (χ1) is 14.4. The third kappa shape index (κ3) is 6.09. The van der Waals surface area contributed by atoms with Crippen LogP contribution in [-0.4, -0.2) is 53.7 Å². The predicted molar refractivity (Wildman–Crippen MR) is 122 cm³/mol. The summed E-state index contributed by atoms with van der Waals surface area (Å²) >= 11 is 0. The van der Waals surface area contributed by atoms with E-state index in [9.17, 15) is 19.5 Å². The zero-order valence-electron chi connectivity index (χ0n) is 20.7. The van der Waals surface area contributed by atoms with Crippen molar-refractivity contribution in [2.45, 2.75) is 77.6 Å². The molecule has 1 aliphatic rings. The third-order valence-electron chi connectivity index (χ3n) is 5.38. The Morgan fingerprint density at radius 3 is 1.88 bits per heavy atom. The summed E-state index contributed by atoms with van der Waals surface area (Å²) in [6.45, 7) is 11.8. The molecule has 0 bridgehead atoms. The molecule has 1 aromatic rings. The normalized spacial score (nSPS) is 26.4. The number of hydrogen-bond acceptors (Lipinski definition) is 7. The van der Waals surface area contributed by atoms with Crippen LogP contribution in [0.4, 0.5) is 5.69 Å². The number of ether oxygens (including phenoxy) is 2. The van der Waals surface area contributed by atoms with Crippen molar-refractivity contribution < 1.29 is 29.0 Å². The second kappa shape index (κ2) is 8.85. The van der Waals surface area contributed by atoms with Crippen molar-refractivity contribution in [2.24, 2.45) is 11.8 Å². The minimum absolute atomic E-state index is 0.340. The van der Waals surface area contributed by atoms with Gasteiger partial charge < -0.3 is 19.5 Å². The van der Waals surface area contributed by atoms with Crippen LogP contribution in [0, 0.1) is 11.8 Å². The van der Waals surface area contributed by atoms with Gasteiger partial charge in [-0.3, -0.25) is 14.4 Å². The lowest BCUT2D eigenvalue weighted by molar-refractivity contribution is -0.182. The van der Waals surface area contributed by atoms with Gasteiger partial charge in [0, 0.05) is 32.1 Å². The molecule has 0 aromatic heterocycles. The average Bonchev–Trinajstić information content (AvgIpc) is 2.56. The number of benzene rings is 1. The molecule has 4 atom stereocenters. The fraction of sp³-hybridized carbons (Fsp3) is 0.640. The van der Waals surface area contributed by atoms with Gasteiger partial charge in [0.25, 0.3) is 0 Å². The summed E-state index contributed by atoms with van der Waals surface area (Å²) < 4.78 is 11.2. The molecule has 1 aromatic carbocycles. The highest BCUT2D eigenvalue weighted by atomic mass is 16.6. The first-order valence-corrected chi connectivity index (χ1v) is 10.9. The summed E-state index contributed by atoms with van der Waals surface area (Å²) in [5.74, 6) is -5.07. The first-order valence-electron chi connectivity index (χ1n) is 10.9. The predicted octanol–water partition coefficient (Wildman–Crippen LogP) is 3.48. The lowest BCUT2D eigenvalue weighted by atomic mass is 9.61. The molecule has 0 saturated heterocycles. The SMILES string of the molecule is CN(C)c1ccc([C@H]2[C@@H](C(=O)OC(C)(C)C)C(=O)C[C@](C)(O)[C@H]2C(=O)OC(C)(C)C)cc1. The molecule has 0 aliphatic heterocycles. The van der Waals surface area contributed by atoms with Gasteiger partial charge in [0.2, 0.25) is 0 Å². The number of Topliss-reactive ketones (excluding diaryl/α,β-unsaturated/α-hetero) is 1. The standard InChI is InChI=1S/C25H37NO6/c1-23(2,3)31-21(28)19-17(27)14-25(7,30)20(22(29)32-24(4,5)6)18(19)15-10-12-16(13-11-15)26(8)9/h10-13,18-20,30H,14H2,1-9H3/t18-,19-,20+,25-/m0/s1. The number of carbonyl (C=O) groups excluding carboxylic acids is 3. The van der Waals surface area contributed by atoms with Gasteiger partial charge in [-0.2, -0.15) is 0 Å². The number of aliphatic hydroxyl groups is 1. The molecule has 1 fully saturated rings. The van der Waals surface area contributed by atoms with Gasteiger partial charge in [-0.1, -0.05) is 12.1 Å². The van der Waals surface area contributed by atoms with E-state index in [-0.39, 0.29) is 6.42 Å². The molecule has 178 valence electrons. The van der Waals surface area contributed by atoms with Crippen molar-refractivity contribution in [1.29, 1.82) is 0 Å². The molecule has 0 amide bonds. The minimum Gasteiger partial charge on any atom is -0.460 e. The smallest absolute Gasteiger partial charge is 0.317 e. The van der Waals surface area contributed by atoms with Crippen LogP contribution in [0.2, 0.25) is 0 Å². The van der Waals surface area contributed by atoms with Crippen LogP contribution in [0.5, 0.6) is 0 Å². The lowest BCUT2D eigenvalue weighted by Gasteiger charge is -2.44. The molecule has 0 radical (unpaired) electrons. The van der Waals surface area contributed by atoms with E-state index in [2.05, 4.69) is 0 Å². The van der Waals surface area contributed by atoms with Crippen LogP contribution < -0.4 is 4.90 Å². The van der Waals surface area contributed by atoms with E-state index in [1.807, 2.05) is 31.1 Å². The second-order valence-corrected chi connectivity index (χ2v) is 11.0. The van der Waals surface area contributed by atoms with E-state index in [1.165, 1.54) is 6.92 Å². The van der Waals surface area contributed by atoms with Gasteiger partial charge in [-0.05, 0) is 66.2 Å². The lowest BCUT2D eigenvalue weighted by Crippen LogP contribution is -2.56. The van der Waals surface area contributed by atoms with Gasteiger partial charge in [0.15, 0.2) is 5.78 Å². The average molecular weight is 448 g/mol. The van der Waals surface area contributed by atoms with Crippen LogP contribution in [0.25, 0.3) is 0 Å². The maximum atomic E-state index is 13.3. The number of hydrogen-bond donors (Lipinski definition) is 1. The first kappa shape index (κ1) is 25.8. The molecule has 0 heterocycles. The topological polar surface area (TPSA) is 93.1 Å². The number of rotatable bonds is 4. The summed E-state index contributed by atoms with van der Waals surface area (Å²) in [4.78, 5) is 41.5. The number of ketones is 1. The Morgan fingerprint density at radius 1 is 0.969 bits per heavy atom. The minimum atomic E-state index is -1.68. The maximum absolute atomic E-state index is 13.3. The highest BCUT2D eigenvalue weighted by Gasteiger charge is 2.57. The quantitative estimate of drug-likeness (QED) is 0.558. The zero-order chi connectivity index (χ0) is 24.6. The Hall–Kier alpha value is -2.41. The van der Waals surface area contributed by atoms with Crippen LogP contribution in [0.1, 0.15) is 66.4 Å². The maximum Gasteiger partial charge on any atom is 0.317 e. The molecular formula is C25H37NO6. The van der Waals surface area contributed by atoms with Crippen molar-refractivity contribution >= 4 is 23.4 Å². The molecular weight excluding hydrogens is 410 g/mol. The van der Waals surface area contributed by atoms with Crippen molar-refractivity contribution in [1.82, 2.24) is 0 Å². The van der Waals surface area contributed by atoms with Crippen LogP contribution in [0.15, 0.2) is 24.3 Å². The summed E-state index contributed by atoms with van der Waals surface area (Å²) in [6, 6.07) is 7.26. The fourth-order valence-corrected chi connectivity index (χ4v) is 4.14. The van der Waals surface area contributed by atoms with E-state index in [1.54, 1.807) is 53.7 Å². The summed E-state index contributed by atoms with van der Waals surface area (Å²) in [7, 11) is 3.80. The van der Waals surface area contributed by atoms with Crippen LogP contribution >= 0.6 is 0 Å². The molecule has 1 saturated carbocycles. The Morgan fingerprint density at radius 2 is 1.44 bits per heavy atom. The second-order valence-electron chi connectivity index (χ2n) is 11.0. The monoisotopic (exact) mass is 447 g/mol. The van der Waals surface area contributed by atoms with E-state index in [0.29, 0.717) is 5.56 Å². The fourth-order valence-electron chi connectivity index (χ4n) is 4.14. The Bertz CT molecular complexity index is 858. The molecule has 32 heavy (non-hydrogen) atoms. The summed E-state index contributed by atoms with van der Waals surface area (Å²) in [6.07, 6.45) is -0.340. The Labute approximate surface area is 191 Å². The van der Waals surface area contributed by atoms with Crippen LogP contribution in [0.3, 0.4) is 0 Å². The Balaban J connectivity index is 2.64. The molecule has 1 aliphatic carbocycles. The highest BCUT2D eigenvalue weighted by Crippen LogP contribution is 2.47. The molecule has 0 spiro atoms. The molecule has 2 rings (SSSR count). The molecule has 7 heteroatoms. The summed E-state index contributed by atoms with van der Waals surface area (Å²) in [5.41, 5.74) is -1.77. The summed E-state index contributed by atoms with van der Waals surface area (Å²) in [5, 5.41) is 11.2. The zero-order valence-corrected chi connectivity index (χ0v) is 20.7. The van der Waals surface area contributed by atoms with E-state index >= 15 is 0 Å². The van der Waals surface area contributed by atoms with Gasteiger partial charge in [0.05, 0.1) is 11.5 Å². The highest BCUT2D eigenvalue weighted by molar-refractivity contribution is 6.03. The van der Waals surface area contributed by atoms with E-state index in [0.717, 1.165) is 5.69 Å². The number of esters is 2. The van der Waals surface area contributed by atoms with Crippen molar-refractivity contribution in [3.05, 3.63) is 29.8 Å². The van der Waals surface area contributed by atoms with Crippen molar-refractivity contribution in [3.63, 3.8) is 0 Å². The van der Waals surface area contributed by atoms with Crippen LogP contribution in [-0.2, 0) is 23.9 Å². The molecule has 1 N–H and O–H groups in total. The van der Waals surface area contributed by atoms with E-state index < -0.39 is 52.3 Å². The van der Waals surface area contributed by atoms with Gasteiger partial charge in [-0.15, -0.1) is 0 Å². The van der Waals surface area contributed by atoms with Gasteiger partial charge >= 0.3 is 11.9 Å². The van der Waals surface area contributed by atoms with Crippen molar-refractivity contribution in [2.75, 3.05) is 19.0 Å². The number of anilines is 1. The molecule has 0 unspecified atom stereocenters. The van der Waals surface area contributed by atoms with E-state index in [4.69, 9.17) is 9.47 Å². The largest absolute Gasteiger partial charge is 0.460 e.